The molecule has 0 bridgehead atoms. The molecule has 0 aliphatic heterocycles. The van der Waals surface area contributed by atoms with E-state index in [4.69, 9.17) is 5.11 Å². The number of nitrogens with zero attached hydrogens (tertiary/aromatic N) is 2. The number of imidazole rings is 1. The summed E-state index contributed by atoms with van der Waals surface area (Å²) >= 11 is 0. The second kappa shape index (κ2) is 4.26. The van der Waals surface area contributed by atoms with E-state index in [1.165, 1.54) is 0 Å². The number of phenols is 1. The van der Waals surface area contributed by atoms with Gasteiger partial charge in [0, 0.05) is 18.9 Å². The minimum absolute atomic E-state index is 0.00410. The molecule has 0 saturated heterocycles. The lowest BCUT2D eigenvalue weighted by Crippen LogP contribution is -2.23. The number of phenolic OH excluding ortho intramolecular Hbond substituents is 1. The van der Waals surface area contributed by atoms with Crippen molar-refractivity contribution in [3.63, 3.8) is 0 Å². The fraction of sp³-hybridized carbons (Fsp3) is 0.250. The van der Waals surface area contributed by atoms with Crippen molar-refractivity contribution in [1.82, 2.24) is 9.13 Å². The lowest BCUT2D eigenvalue weighted by atomic mass is 10.2. The van der Waals surface area contributed by atoms with E-state index in [-0.39, 0.29) is 11.4 Å². The van der Waals surface area contributed by atoms with Gasteiger partial charge in [-0.25, -0.2) is 4.79 Å². The second-order valence-corrected chi connectivity index (χ2v) is 3.66. The summed E-state index contributed by atoms with van der Waals surface area (Å²) in [4.78, 5) is 11.7. The zero-order valence-electron chi connectivity index (χ0n) is 9.13. The first kappa shape index (κ1) is 10.5. The first-order valence-corrected chi connectivity index (χ1v) is 5.24. The van der Waals surface area contributed by atoms with Gasteiger partial charge in [0.15, 0.2) is 0 Å². The SMILES string of the molecule is CCn1ccn(Cc2ccc(O)cc2)c1=O. The van der Waals surface area contributed by atoms with E-state index in [2.05, 4.69) is 0 Å². The van der Waals surface area contributed by atoms with E-state index in [0.29, 0.717) is 13.1 Å². The van der Waals surface area contributed by atoms with E-state index in [0.717, 1.165) is 5.56 Å². The van der Waals surface area contributed by atoms with Crippen LogP contribution >= 0.6 is 0 Å². The molecular weight excluding hydrogens is 204 g/mol. The lowest BCUT2D eigenvalue weighted by Gasteiger charge is -2.02. The molecule has 2 rings (SSSR count). The quantitative estimate of drug-likeness (QED) is 0.847. The van der Waals surface area contributed by atoms with Crippen LogP contribution in [-0.2, 0) is 13.1 Å². The van der Waals surface area contributed by atoms with Gasteiger partial charge in [0.1, 0.15) is 5.75 Å². The van der Waals surface area contributed by atoms with E-state index >= 15 is 0 Å². The van der Waals surface area contributed by atoms with Gasteiger partial charge < -0.3 is 5.11 Å². The molecule has 4 heteroatoms. The van der Waals surface area contributed by atoms with Crippen molar-refractivity contribution in [3.8, 4) is 5.75 Å². The minimum Gasteiger partial charge on any atom is -0.508 e. The number of rotatable bonds is 3. The first-order chi connectivity index (χ1) is 7.70. The summed E-state index contributed by atoms with van der Waals surface area (Å²) in [7, 11) is 0. The molecule has 0 radical (unpaired) electrons. The number of aromatic nitrogens is 2. The van der Waals surface area contributed by atoms with Gasteiger partial charge in [0.25, 0.3) is 0 Å². The Kier molecular flexibility index (Phi) is 2.81. The zero-order valence-corrected chi connectivity index (χ0v) is 9.13. The van der Waals surface area contributed by atoms with Crippen LogP contribution in [0.3, 0.4) is 0 Å². The Morgan fingerprint density at radius 1 is 1.12 bits per heavy atom. The molecule has 0 saturated carbocycles. The number of hydrogen-bond donors (Lipinski definition) is 1. The Hall–Kier alpha value is -1.97. The van der Waals surface area contributed by atoms with Crippen LogP contribution in [0.15, 0.2) is 41.5 Å². The maximum Gasteiger partial charge on any atom is 0.328 e. The van der Waals surface area contributed by atoms with E-state index < -0.39 is 0 Å². The topological polar surface area (TPSA) is 47.2 Å². The van der Waals surface area contributed by atoms with Crippen molar-refractivity contribution in [1.29, 1.82) is 0 Å². The molecular formula is C12H14N2O2. The normalized spacial score (nSPS) is 10.6. The van der Waals surface area contributed by atoms with Crippen LogP contribution in [0.4, 0.5) is 0 Å². The van der Waals surface area contributed by atoms with E-state index in [1.54, 1.807) is 33.7 Å². The smallest absolute Gasteiger partial charge is 0.328 e. The zero-order chi connectivity index (χ0) is 11.5. The lowest BCUT2D eigenvalue weighted by molar-refractivity contribution is 0.475. The summed E-state index contributed by atoms with van der Waals surface area (Å²) in [6.07, 6.45) is 3.56. The fourth-order valence-electron chi connectivity index (χ4n) is 1.61. The summed E-state index contributed by atoms with van der Waals surface area (Å²) in [6, 6.07) is 6.87. The van der Waals surface area contributed by atoms with Gasteiger partial charge in [-0.1, -0.05) is 12.1 Å². The third-order valence-corrected chi connectivity index (χ3v) is 2.55. The maximum absolute atomic E-state index is 11.7. The molecule has 0 spiro atoms. The largest absolute Gasteiger partial charge is 0.508 e. The molecule has 0 atom stereocenters. The average molecular weight is 218 g/mol. The summed E-state index contributed by atoms with van der Waals surface area (Å²) in [5.41, 5.74) is 0.990. The molecule has 0 amide bonds. The molecule has 0 fully saturated rings. The molecule has 1 aromatic carbocycles. The molecule has 16 heavy (non-hydrogen) atoms. The Morgan fingerprint density at radius 2 is 1.75 bits per heavy atom. The van der Waals surface area contributed by atoms with Crippen LogP contribution in [0.25, 0.3) is 0 Å². The highest BCUT2D eigenvalue weighted by atomic mass is 16.3. The number of aromatic hydroxyl groups is 1. The molecule has 0 unspecified atom stereocenters. The summed E-state index contributed by atoms with van der Waals surface area (Å²) in [5, 5.41) is 9.15. The summed E-state index contributed by atoms with van der Waals surface area (Å²) in [6.45, 7) is 3.15. The van der Waals surface area contributed by atoms with Gasteiger partial charge in [-0.2, -0.15) is 0 Å². The predicted molar refractivity (Wildman–Crippen MR) is 61.6 cm³/mol. The molecule has 0 aliphatic rings. The Morgan fingerprint density at radius 3 is 2.31 bits per heavy atom. The molecule has 1 aromatic heterocycles. The van der Waals surface area contributed by atoms with Gasteiger partial charge in [-0.3, -0.25) is 9.13 Å². The molecule has 2 aromatic rings. The number of aryl methyl sites for hydroxylation is 1. The molecule has 1 N–H and O–H groups in total. The van der Waals surface area contributed by atoms with Crippen LogP contribution in [0, 0.1) is 0 Å². The van der Waals surface area contributed by atoms with Gasteiger partial charge >= 0.3 is 5.69 Å². The highest BCUT2D eigenvalue weighted by molar-refractivity contribution is 5.26. The van der Waals surface area contributed by atoms with Crippen LogP contribution in [0.5, 0.6) is 5.75 Å². The average Bonchev–Trinajstić information content (AvgIpc) is 2.63. The fourth-order valence-corrected chi connectivity index (χ4v) is 1.61. The van der Waals surface area contributed by atoms with Crippen molar-refractivity contribution in [3.05, 3.63) is 52.7 Å². The minimum atomic E-state index is -0.00410. The third-order valence-electron chi connectivity index (χ3n) is 2.55. The standard InChI is InChI=1S/C12H14N2O2/c1-2-13-7-8-14(12(13)16)9-10-3-5-11(15)6-4-10/h3-8,15H,2,9H2,1H3. The monoisotopic (exact) mass is 218 g/mol. The van der Waals surface area contributed by atoms with Crippen molar-refractivity contribution in [2.45, 2.75) is 20.0 Å². The highest BCUT2D eigenvalue weighted by Crippen LogP contribution is 2.10. The highest BCUT2D eigenvalue weighted by Gasteiger charge is 2.02. The molecule has 0 aliphatic carbocycles. The van der Waals surface area contributed by atoms with Crippen molar-refractivity contribution in [2.75, 3.05) is 0 Å². The number of benzene rings is 1. The Balaban J connectivity index is 2.24. The number of hydrogen-bond acceptors (Lipinski definition) is 2. The van der Waals surface area contributed by atoms with Gasteiger partial charge in [0.05, 0.1) is 6.54 Å². The van der Waals surface area contributed by atoms with Gasteiger partial charge in [-0.15, -0.1) is 0 Å². The van der Waals surface area contributed by atoms with Crippen molar-refractivity contribution in [2.24, 2.45) is 0 Å². The maximum atomic E-state index is 11.7. The van der Waals surface area contributed by atoms with Gasteiger partial charge in [0.2, 0.25) is 0 Å². The van der Waals surface area contributed by atoms with E-state index in [9.17, 15) is 4.79 Å². The second-order valence-electron chi connectivity index (χ2n) is 3.66. The van der Waals surface area contributed by atoms with Crippen LogP contribution in [0.1, 0.15) is 12.5 Å². The summed E-state index contributed by atoms with van der Waals surface area (Å²) in [5.74, 6) is 0.238. The van der Waals surface area contributed by atoms with E-state index in [1.807, 2.05) is 19.1 Å². The third kappa shape index (κ3) is 2.00. The molecule has 1 heterocycles. The first-order valence-electron chi connectivity index (χ1n) is 5.24. The Bertz CT molecular complexity index is 523. The van der Waals surface area contributed by atoms with Crippen LogP contribution in [-0.4, -0.2) is 14.2 Å². The molecule has 4 nitrogen and oxygen atoms in total. The van der Waals surface area contributed by atoms with Crippen LogP contribution < -0.4 is 5.69 Å². The van der Waals surface area contributed by atoms with Crippen LogP contribution in [0.2, 0.25) is 0 Å². The van der Waals surface area contributed by atoms with Crippen molar-refractivity contribution >= 4 is 0 Å². The van der Waals surface area contributed by atoms with Crippen molar-refractivity contribution < 1.29 is 5.11 Å². The molecule has 84 valence electrons. The Labute approximate surface area is 93.4 Å². The predicted octanol–water partition coefficient (Wildman–Crippen LogP) is 1.42. The summed E-state index contributed by atoms with van der Waals surface area (Å²) < 4.78 is 3.30. The van der Waals surface area contributed by atoms with Gasteiger partial charge in [-0.05, 0) is 24.6 Å².